The summed E-state index contributed by atoms with van der Waals surface area (Å²) in [5.41, 5.74) is 1.90. The van der Waals surface area contributed by atoms with Gasteiger partial charge in [0.25, 0.3) is 0 Å². The fraction of sp³-hybridized carbons (Fsp3) is 0.182. The molecule has 0 bridgehead atoms. The number of hydrogen-bond acceptors (Lipinski definition) is 3. The summed E-state index contributed by atoms with van der Waals surface area (Å²) in [5, 5.41) is 4.36. The maximum absolute atomic E-state index is 4.36. The molecule has 17 heavy (non-hydrogen) atoms. The van der Waals surface area contributed by atoms with Crippen molar-refractivity contribution in [2.45, 2.75) is 13.8 Å². The van der Waals surface area contributed by atoms with Gasteiger partial charge in [0.1, 0.15) is 21.0 Å². The second-order valence-corrected chi connectivity index (χ2v) is 4.92. The van der Waals surface area contributed by atoms with E-state index in [9.17, 15) is 0 Å². The van der Waals surface area contributed by atoms with Crippen LogP contribution in [0, 0.1) is 17.5 Å². The minimum absolute atomic E-state index is 0.778. The molecule has 0 aromatic carbocycles. The number of aryl methyl sites for hydroxylation is 2. The van der Waals surface area contributed by atoms with Crippen LogP contribution >= 0.6 is 22.6 Å². The lowest BCUT2D eigenvalue weighted by Gasteiger charge is -2.03. The Labute approximate surface area is 112 Å². The highest BCUT2D eigenvalue weighted by Gasteiger charge is 2.07. The van der Waals surface area contributed by atoms with Crippen LogP contribution in [0.15, 0.2) is 24.5 Å². The number of pyridine rings is 1. The van der Waals surface area contributed by atoms with E-state index in [1.807, 2.05) is 47.5 Å². The lowest BCUT2D eigenvalue weighted by molar-refractivity contribution is 0.829. The third-order valence-corrected chi connectivity index (χ3v) is 3.37. The van der Waals surface area contributed by atoms with Crippen molar-refractivity contribution < 1.29 is 0 Å². The first-order valence-electron chi connectivity index (χ1n) is 5.18. The Hall–Kier alpha value is -1.44. The minimum Gasteiger partial charge on any atom is -0.295 e. The molecule has 5 nitrogen and oxygen atoms in total. The third-order valence-electron chi connectivity index (χ3n) is 2.57. The molecule has 0 fully saturated rings. The van der Waals surface area contributed by atoms with Crippen molar-refractivity contribution >= 4 is 28.2 Å². The van der Waals surface area contributed by atoms with Crippen LogP contribution in [0.4, 0.5) is 0 Å². The van der Waals surface area contributed by atoms with Gasteiger partial charge in [-0.2, -0.15) is 5.10 Å². The minimum atomic E-state index is 0.778. The molecule has 0 spiro atoms. The largest absolute Gasteiger partial charge is 0.295 e. The highest BCUT2D eigenvalue weighted by Crippen LogP contribution is 2.14. The van der Waals surface area contributed by atoms with Crippen molar-refractivity contribution in [3.63, 3.8) is 0 Å². The van der Waals surface area contributed by atoms with Gasteiger partial charge in [0.05, 0.1) is 11.9 Å². The van der Waals surface area contributed by atoms with Gasteiger partial charge in [-0.05, 0) is 42.5 Å². The predicted octanol–water partition coefficient (Wildman–Crippen LogP) is 2.14. The number of hydrogen-bond donors (Lipinski definition) is 0. The zero-order chi connectivity index (χ0) is 12.0. The van der Waals surface area contributed by atoms with E-state index in [-0.39, 0.29) is 0 Å². The van der Waals surface area contributed by atoms with Crippen LogP contribution in [-0.2, 0) is 0 Å². The number of nitrogens with zero attached hydrogens (tertiary/aromatic N) is 5. The van der Waals surface area contributed by atoms with Crippen LogP contribution in [-0.4, -0.2) is 24.1 Å². The standard InChI is InChI=1S/C11H10IN5/c1-7-14-8(2)17(15-7)9-3-4-16-10(12)6-13-11(16)5-9/h3-6H,1-2H3. The molecule has 0 amide bonds. The number of imidazole rings is 1. The molecule has 0 unspecified atom stereocenters. The molecule has 0 radical (unpaired) electrons. The van der Waals surface area contributed by atoms with Gasteiger partial charge < -0.3 is 0 Å². The van der Waals surface area contributed by atoms with Gasteiger partial charge in [0, 0.05) is 12.3 Å². The summed E-state index contributed by atoms with van der Waals surface area (Å²) in [6.07, 6.45) is 3.84. The Balaban J connectivity index is 2.21. The quantitative estimate of drug-likeness (QED) is 0.638. The van der Waals surface area contributed by atoms with Crippen LogP contribution in [0.3, 0.4) is 0 Å². The Kier molecular flexibility index (Phi) is 2.39. The van der Waals surface area contributed by atoms with Gasteiger partial charge >= 0.3 is 0 Å². The summed E-state index contributed by atoms with van der Waals surface area (Å²) in [7, 11) is 0. The van der Waals surface area contributed by atoms with Crippen molar-refractivity contribution in [2.75, 3.05) is 0 Å². The van der Waals surface area contributed by atoms with Crippen molar-refractivity contribution in [3.05, 3.63) is 39.9 Å². The molecule has 0 aliphatic heterocycles. The van der Waals surface area contributed by atoms with Gasteiger partial charge in [-0.1, -0.05) is 0 Å². The lowest BCUT2D eigenvalue weighted by atomic mass is 10.4. The van der Waals surface area contributed by atoms with Crippen LogP contribution in [0.1, 0.15) is 11.6 Å². The monoisotopic (exact) mass is 339 g/mol. The number of rotatable bonds is 1. The average Bonchev–Trinajstić information content (AvgIpc) is 2.82. The van der Waals surface area contributed by atoms with Crippen molar-refractivity contribution in [2.24, 2.45) is 0 Å². The molecular formula is C11H10IN5. The van der Waals surface area contributed by atoms with Crippen LogP contribution in [0.2, 0.25) is 0 Å². The summed E-state index contributed by atoms with van der Waals surface area (Å²) < 4.78 is 4.95. The molecule has 3 heterocycles. The molecule has 3 aromatic rings. The zero-order valence-corrected chi connectivity index (χ0v) is 11.6. The van der Waals surface area contributed by atoms with E-state index in [4.69, 9.17) is 0 Å². The van der Waals surface area contributed by atoms with Gasteiger partial charge in [-0.15, -0.1) is 0 Å². The van der Waals surface area contributed by atoms with Crippen LogP contribution < -0.4 is 0 Å². The molecule has 0 saturated carbocycles. The predicted molar refractivity (Wildman–Crippen MR) is 72.3 cm³/mol. The second kappa shape index (κ2) is 3.80. The molecule has 6 heteroatoms. The highest BCUT2D eigenvalue weighted by molar-refractivity contribution is 14.1. The van der Waals surface area contributed by atoms with E-state index in [0.717, 1.165) is 26.7 Å². The maximum Gasteiger partial charge on any atom is 0.148 e. The molecule has 0 atom stereocenters. The molecule has 86 valence electrons. The molecule has 3 rings (SSSR count). The maximum atomic E-state index is 4.36. The zero-order valence-electron chi connectivity index (χ0n) is 9.42. The normalized spacial score (nSPS) is 11.2. The van der Waals surface area contributed by atoms with Gasteiger partial charge in [0.2, 0.25) is 0 Å². The number of fused-ring (bicyclic) bond motifs is 1. The van der Waals surface area contributed by atoms with Gasteiger partial charge in [-0.3, -0.25) is 4.40 Å². The Morgan fingerprint density at radius 1 is 1.29 bits per heavy atom. The summed E-state index contributed by atoms with van der Waals surface area (Å²) >= 11 is 2.26. The average molecular weight is 339 g/mol. The van der Waals surface area contributed by atoms with Crippen molar-refractivity contribution in [3.8, 4) is 5.69 Å². The molecule has 0 saturated heterocycles. The Morgan fingerprint density at radius 2 is 2.12 bits per heavy atom. The van der Waals surface area contributed by atoms with E-state index in [1.165, 1.54) is 0 Å². The van der Waals surface area contributed by atoms with E-state index >= 15 is 0 Å². The van der Waals surface area contributed by atoms with Crippen LogP contribution in [0.5, 0.6) is 0 Å². The van der Waals surface area contributed by atoms with Crippen molar-refractivity contribution in [1.82, 2.24) is 24.1 Å². The highest BCUT2D eigenvalue weighted by atomic mass is 127. The van der Waals surface area contributed by atoms with E-state index < -0.39 is 0 Å². The second-order valence-electron chi connectivity index (χ2n) is 3.81. The molecule has 3 aromatic heterocycles. The van der Waals surface area contributed by atoms with Gasteiger partial charge in [-0.25, -0.2) is 14.6 Å². The van der Waals surface area contributed by atoms with E-state index in [1.54, 1.807) is 0 Å². The SMILES string of the molecule is Cc1nc(C)n(-c2ccn3c(I)cnc3c2)n1. The first-order chi connectivity index (χ1) is 8.15. The summed E-state index contributed by atoms with van der Waals surface area (Å²) in [4.78, 5) is 8.63. The third kappa shape index (κ3) is 1.72. The smallest absolute Gasteiger partial charge is 0.148 e. The molecule has 0 N–H and O–H groups in total. The Bertz CT molecular complexity index is 697. The van der Waals surface area contributed by atoms with Gasteiger partial charge in [0.15, 0.2) is 0 Å². The summed E-state index contributed by atoms with van der Waals surface area (Å²) in [6, 6.07) is 4.02. The summed E-state index contributed by atoms with van der Waals surface area (Å²) in [6.45, 7) is 3.83. The Morgan fingerprint density at radius 3 is 2.82 bits per heavy atom. The first kappa shape index (κ1) is 10.7. The number of aromatic nitrogens is 5. The van der Waals surface area contributed by atoms with E-state index in [0.29, 0.717) is 0 Å². The molecular weight excluding hydrogens is 329 g/mol. The first-order valence-corrected chi connectivity index (χ1v) is 6.26. The fourth-order valence-corrected chi connectivity index (χ4v) is 2.38. The molecule has 0 aliphatic carbocycles. The van der Waals surface area contributed by atoms with Crippen LogP contribution in [0.25, 0.3) is 11.3 Å². The molecule has 0 aliphatic rings. The number of halogens is 1. The van der Waals surface area contributed by atoms with Crippen molar-refractivity contribution in [1.29, 1.82) is 0 Å². The summed E-state index contributed by atoms with van der Waals surface area (Å²) in [5.74, 6) is 1.66. The topological polar surface area (TPSA) is 48.0 Å². The fourth-order valence-electron chi connectivity index (χ4n) is 1.84. The lowest BCUT2D eigenvalue weighted by Crippen LogP contribution is -2.00. The van der Waals surface area contributed by atoms with E-state index in [2.05, 4.69) is 37.7 Å².